The van der Waals surface area contributed by atoms with E-state index in [9.17, 15) is 4.79 Å². The van der Waals surface area contributed by atoms with Crippen LogP contribution in [0.1, 0.15) is 51.9 Å². The molecule has 1 aliphatic heterocycles. The highest BCUT2D eigenvalue weighted by molar-refractivity contribution is 5.77. The van der Waals surface area contributed by atoms with Crippen LogP contribution in [0.15, 0.2) is 4.99 Å². The average Bonchev–Trinajstić information content (AvgIpc) is 2.60. The van der Waals surface area contributed by atoms with Gasteiger partial charge in [0.05, 0.1) is 0 Å². The molecule has 0 radical (unpaired) electrons. The largest absolute Gasteiger partial charge is 0.370 e. The lowest BCUT2D eigenvalue weighted by Crippen LogP contribution is -2.33. The smallest absolute Gasteiger partial charge is 0.222 e. The quantitative estimate of drug-likeness (QED) is 0.417. The first kappa shape index (κ1) is 15.8. The van der Waals surface area contributed by atoms with Gasteiger partial charge < -0.3 is 16.0 Å². The average molecular weight is 268 g/mol. The molecule has 5 heteroatoms. The fraction of sp³-hybridized carbons (Fsp3) is 0.857. The van der Waals surface area contributed by atoms with Crippen LogP contribution in [-0.2, 0) is 4.79 Å². The van der Waals surface area contributed by atoms with Crippen LogP contribution in [0.25, 0.3) is 0 Å². The molecule has 5 nitrogen and oxygen atoms in total. The zero-order chi connectivity index (χ0) is 13.9. The maximum Gasteiger partial charge on any atom is 0.222 e. The summed E-state index contributed by atoms with van der Waals surface area (Å²) >= 11 is 0. The Morgan fingerprint density at radius 1 is 1.37 bits per heavy atom. The fourth-order valence-electron chi connectivity index (χ4n) is 2.19. The number of likely N-dealkylation sites (tertiary alicyclic amines) is 1. The Kier molecular flexibility index (Phi) is 8.02. The summed E-state index contributed by atoms with van der Waals surface area (Å²) in [6.07, 6.45) is 7.22. The van der Waals surface area contributed by atoms with Crippen LogP contribution >= 0.6 is 0 Å². The zero-order valence-corrected chi connectivity index (χ0v) is 12.2. The van der Waals surface area contributed by atoms with Gasteiger partial charge in [-0.05, 0) is 25.7 Å². The summed E-state index contributed by atoms with van der Waals surface area (Å²) in [5, 5.41) is 3.09. The Bertz CT molecular complexity index is 291. The van der Waals surface area contributed by atoms with E-state index in [0.717, 1.165) is 51.7 Å². The normalized spacial score (nSPS) is 17.4. The maximum atomic E-state index is 11.8. The standard InChI is InChI=1S/C14H28N4O/c1-2-3-9-16-14(15)17-10-7-12-18-11-6-4-5-8-13(18)19/h2-12H2,1H3,(H3,15,16,17). The van der Waals surface area contributed by atoms with E-state index in [-0.39, 0.29) is 0 Å². The van der Waals surface area contributed by atoms with E-state index >= 15 is 0 Å². The molecule has 1 saturated heterocycles. The van der Waals surface area contributed by atoms with Gasteiger partial charge in [-0.15, -0.1) is 0 Å². The summed E-state index contributed by atoms with van der Waals surface area (Å²) in [5.41, 5.74) is 5.74. The summed E-state index contributed by atoms with van der Waals surface area (Å²) in [5.74, 6) is 0.825. The molecule has 0 saturated carbocycles. The third kappa shape index (κ3) is 7.03. The molecule has 1 aliphatic rings. The van der Waals surface area contributed by atoms with E-state index in [1.807, 2.05) is 4.90 Å². The fourth-order valence-corrected chi connectivity index (χ4v) is 2.19. The van der Waals surface area contributed by atoms with Crippen molar-refractivity contribution in [1.29, 1.82) is 0 Å². The topological polar surface area (TPSA) is 70.7 Å². The number of hydrogen-bond donors (Lipinski definition) is 2. The molecule has 0 aromatic carbocycles. The number of carbonyl (C=O) groups is 1. The van der Waals surface area contributed by atoms with Gasteiger partial charge in [-0.1, -0.05) is 19.8 Å². The van der Waals surface area contributed by atoms with E-state index in [0.29, 0.717) is 24.8 Å². The molecule has 0 aromatic rings. The second-order valence-electron chi connectivity index (χ2n) is 5.09. The number of nitrogens with zero attached hydrogens (tertiary/aromatic N) is 2. The summed E-state index contributed by atoms with van der Waals surface area (Å²) in [7, 11) is 0. The van der Waals surface area contributed by atoms with Crippen LogP contribution in [0.5, 0.6) is 0 Å². The molecule has 1 amide bonds. The molecule has 0 aliphatic carbocycles. The highest BCUT2D eigenvalue weighted by Crippen LogP contribution is 2.11. The van der Waals surface area contributed by atoms with E-state index in [1.165, 1.54) is 6.42 Å². The Morgan fingerprint density at radius 3 is 3.00 bits per heavy atom. The molecule has 1 heterocycles. The lowest BCUT2D eigenvalue weighted by molar-refractivity contribution is -0.130. The number of rotatable bonds is 7. The molecule has 19 heavy (non-hydrogen) atoms. The van der Waals surface area contributed by atoms with Gasteiger partial charge in [-0.2, -0.15) is 0 Å². The minimum absolute atomic E-state index is 0.301. The van der Waals surface area contributed by atoms with Crippen molar-refractivity contribution in [2.24, 2.45) is 10.7 Å². The summed E-state index contributed by atoms with van der Waals surface area (Å²) in [4.78, 5) is 18.0. The number of nitrogens with two attached hydrogens (primary N) is 1. The molecule has 1 rings (SSSR count). The number of unbranched alkanes of at least 4 members (excludes halogenated alkanes) is 1. The van der Waals surface area contributed by atoms with Crippen molar-refractivity contribution >= 4 is 11.9 Å². The summed E-state index contributed by atoms with van der Waals surface area (Å²) < 4.78 is 0. The first-order chi connectivity index (χ1) is 9.24. The number of aliphatic imine (C=N–C) groups is 1. The molecule has 1 fully saturated rings. The minimum Gasteiger partial charge on any atom is -0.370 e. The van der Waals surface area contributed by atoms with E-state index < -0.39 is 0 Å². The lowest BCUT2D eigenvalue weighted by atomic mass is 10.2. The van der Waals surface area contributed by atoms with E-state index in [1.54, 1.807) is 0 Å². The zero-order valence-electron chi connectivity index (χ0n) is 12.2. The molecule has 0 atom stereocenters. The number of nitrogens with one attached hydrogen (secondary N) is 1. The molecule has 0 aromatic heterocycles. The molecule has 3 N–H and O–H groups in total. The highest BCUT2D eigenvalue weighted by atomic mass is 16.2. The number of guanidine groups is 1. The number of hydrogen-bond acceptors (Lipinski definition) is 2. The van der Waals surface area contributed by atoms with Gasteiger partial charge in [-0.3, -0.25) is 9.79 Å². The van der Waals surface area contributed by atoms with E-state index in [4.69, 9.17) is 5.73 Å². The van der Waals surface area contributed by atoms with Gasteiger partial charge in [0.1, 0.15) is 0 Å². The van der Waals surface area contributed by atoms with Crippen LogP contribution < -0.4 is 11.1 Å². The third-order valence-electron chi connectivity index (χ3n) is 3.38. The lowest BCUT2D eigenvalue weighted by Gasteiger charge is -2.19. The van der Waals surface area contributed by atoms with Crippen LogP contribution in [0, 0.1) is 0 Å². The van der Waals surface area contributed by atoms with E-state index in [2.05, 4.69) is 17.2 Å². The molecule has 0 bridgehead atoms. The van der Waals surface area contributed by atoms with Crippen molar-refractivity contribution < 1.29 is 4.79 Å². The SMILES string of the molecule is CCCCNC(N)=NCCCN1CCCCCC1=O. The van der Waals surface area contributed by atoms with Gasteiger partial charge >= 0.3 is 0 Å². The number of amides is 1. The predicted molar refractivity (Wildman–Crippen MR) is 79.1 cm³/mol. The van der Waals surface area contributed by atoms with Gasteiger partial charge in [0.15, 0.2) is 5.96 Å². The Balaban J connectivity index is 2.14. The van der Waals surface area contributed by atoms with Crippen molar-refractivity contribution in [2.45, 2.75) is 51.9 Å². The predicted octanol–water partition coefficient (Wildman–Crippen LogP) is 1.48. The van der Waals surface area contributed by atoms with Gasteiger partial charge in [-0.25, -0.2) is 0 Å². The van der Waals surface area contributed by atoms with Crippen molar-refractivity contribution in [3.8, 4) is 0 Å². The molecular weight excluding hydrogens is 240 g/mol. The Hall–Kier alpha value is -1.26. The molecule has 0 spiro atoms. The molecular formula is C14H28N4O. The maximum absolute atomic E-state index is 11.8. The Morgan fingerprint density at radius 2 is 2.21 bits per heavy atom. The summed E-state index contributed by atoms with van der Waals surface area (Å²) in [6, 6.07) is 0. The van der Waals surface area contributed by atoms with Gasteiger partial charge in [0.25, 0.3) is 0 Å². The second kappa shape index (κ2) is 9.64. The van der Waals surface area contributed by atoms with Gasteiger partial charge in [0.2, 0.25) is 5.91 Å². The monoisotopic (exact) mass is 268 g/mol. The van der Waals surface area contributed by atoms with Crippen LogP contribution in [-0.4, -0.2) is 42.9 Å². The van der Waals surface area contributed by atoms with Gasteiger partial charge in [0, 0.05) is 32.6 Å². The van der Waals surface area contributed by atoms with Crippen molar-refractivity contribution in [3.63, 3.8) is 0 Å². The van der Waals surface area contributed by atoms with Crippen LogP contribution in [0.2, 0.25) is 0 Å². The minimum atomic E-state index is 0.301. The van der Waals surface area contributed by atoms with Crippen molar-refractivity contribution in [2.75, 3.05) is 26.2 Å². The van der Waals surface area contributed by atoms with Crippen LogP contribution in [0.3, 0.4) is 0 Å². The number of carbonyl (C=O) groups excluding carboxylic acids is 1. The first-order valence-electron chi connectivity index (χ1n) is 7.55. The third-order valence-corrected chi connectivity index (χ3v) is 3.38. The molecule has 0 unspecified atom stereocenters. The Labute approximate surface area is 116 Å². The molecule has 110 valence electrons. The highest BCUT2D eigenvalue weighted by Gasteiger charge is 2.15. The second-order valence-corrected chi connectivity index (χ2v) is 5.09. The van der Waals surface area contributed by atoms with Crippen molar-refractivity contribution in [1.82, 2.24) is 10.2 Å². The van der Waals surface area contributed by atoms with Crippen molar-refractivity contribution in [3.05, 3.63) is 0 Å². The summed E-state index contributed by atoms with van der Waals surface area (Å²) in [6.45, 7) is 5.44. The van der Waals surface area contributed by atoms with Crippen LogP contribution in [0.4, 0.5) is 0 Å². The first-order valence-corrected chi connectivity index (χ1v) is 7.55.